The van der Waals surface area contributed by atoms with Crippen molar-refractivity contribution in [2.45, 2.75) is 6.18 Å². The second-order valence-electron chi connectivity index (χ2n) is 4.70. The molecule has 0 aliphatic heterocycles. The molecule has 9 heteroatoms. The van der Waals surface area contributed by atoms with Gasteiger partial charge in [-0.15, -0.1) is 0 Å². The predicted molar refractivity (Wildman–Crippen MR) is 80.9 cm³/mol. The fraction of sp³-hybridized carbons (Fsp3) is 0.286. The molecule has 0 fully saturated rings. The Kier molecular flexibility index (Phi) is 6.31. The Bertz CT molecular complexity index is 642. The predicted octanol–water partition coefficient (Wildman–Crippen LogP) is 3.63. The van der Waals surface area contributed by atoms with Crippen LogP contribution >= 0.6 is 15.9 Å². The summed E-state index contributed by atoms with van der Waals surface area (Å²) in [6.45, 7) is -1.42. The maximum absolute atomic E-state index is 12.9. The molecule has 0 heterocycles. The summed E-state index contributed by atoms with van der Waals surface area (Å²) in [6.07, 6.45) is -2.18. The number of nitrogens with zero attached hydrogens (tertiary/aromatic N) is 1. The smallest absolute Gasteiger partial charge is 0.383 e. The van der Waals surface area contributed by atoms with Gasteiger partial charge in [-0.1, -0.05) is 15.9 Å². The lowest BCUT2D eigenvalue weighted by atomic mass is 10.0. The molecule has 0 saturated heterocycles. The molecule has 0 unspecified atom stereocenters. The third-order valence-corrected chi connectivity index (χ3v) is 3.25. The number of benzene rings is 1. The number of hydrogen-bond acceptors (Lipinski definition) is 3. The van der Waals surface area contributed by atoms with Crippen LogP contribution in [-0.4, -0.2) is 37.4 Å². The third-order valence-electron chi connectivity index (χ3n) is 2.60. The minimum Gasteiger partial charge on any atom is -0.383 e. The molecule has 1 amide bonds. The van der Waals surface area contributed by atoms with Gasteiger partial charge >= 0.3 is 6.18 Å². The van der Waals surface area contributed by atoms with Gasteiger partial charge in [-0.25, -0.2) is 4.39 Å². The van der Waals surface area contributed by atoms with Crippen LogP contribution in [0.1, 0.15) is 15.9 Å². The standard InChI is InChI=1S/C14H13BrF4N2O2/c1-21(2)4-3-12(22)8-5-10(15)9(14(17,18)19)6-11(8)20-13(23)7-16/h3-6H,7H2,1-2H3,(H,20,23)/b4-3+. The van der Waals surface area contributed by atoms with Gasteiger partial charge in [-0.05, 0) is 12.1 Å². The zero-order chi connectivity index (χ0) is 17.8. The first-order chi connectivity index (χ1) is 10.6. The number of carbonyl (C=O) groups is 2. The topological polar surface area (TPSA) is 49.4 Å². The molecule has 126 valence electrons. The molecule has 0 aliphatic rings. The van der Waals surface area contributed by atoms with E-state index in [1.807, 2.05) is 5.32 Å². The van der Waals surface area contributed by atoms with Crippen molar-refractivity contribution in [2.75, 3.05) is 26.1 Å². The molecule has 0 aromatic heterocycles. The van der Waals surface area contributed by atoms with Crippen LogP contribution in [0.2, 0.25) is 0 Å². The van der Waals surface area contributed by atoms with Crippen molar-refractivity contribution in [3.8, 4) is 0 Å². The van der Waals surface area contributed by atoms with Crippen molar-refractivity contribution in [1.82, 2.24) is 4.90 Å². The fourth-order valence-electron chi connectivity index (χ4n) is 1.59. The monoisotopic (exact) mass is 396 g/mol. The Morgan fingerprint density at radius 1 is 1.30 bits per heavy atom. The summed E-state index contributed by atoms with van der Waals surface area (Å²) in [4.78, 5) is 24.8. The number of amides is 1. The number of carbonyl (C=O) groups excluding carboxylic acids is 2. The molecular weight excluding hydrogens is 384 g/mol. The fourth-order valence-corrected chi connectivity index (χ4v) is 2.16. The molecule has 0 spiro atoms. The molecule has 0 aliphatic carbocycles. The average molecular weight is 397 g/mol. The van der Waals surface area contributed by atoms with E-state index in [1.54, 1.807) is 19.0 Å². The summed E-state index contributed by atoms with van der Waals surface area (Å²) in [5.74, 6) is -1.78. The van der Waals surface area contributed by atoms with Crippen molar-refractivity contribution in [3.63, 3.8) is 0 Å². The number of nitrogens with one attached hydrogen (secondary N) is 1. The van der Waals surface area contributed by atoms with Gasteiger partial charge in [0.1, 0.15) is 0 Å². The van der Waals surface area contributed by atoms with Gasteiger partial charge < -0.3 is 10.2 Å². The number of ketones is 1. The maximum atomic E-state index is 12.9. The number of allylic oxidation sites excluding steroid dienone is 1. The summed E-state index contributed by atoms with van der Waals surface area (Å²) in [6, 6.07) is 1.54. The molecule has 1 rings (SSSR count). The van der Waals surface area contributed by atoms with Gasteiger partial charge in [0.25, 0.3) is 5.91 Å². The van der Waals surface area contributed by atoms with E-state index < -0.39 is 35.8 Å². The lowest BCUT2D eigenvalue weighted by Crippen LogP contribution is -2.17. The second kappa shape index (κ2) is 7.58. The minimum atomic E-state index is -4.70. The largest absolute Gasteiger partial charge is 0.417 e. The lowest BCUT2D eigenvalue weighted by molar-refractivity contribution is -0.138. The molecule has 1 aromatic carbocycles. The molecule has 0 bridgehead atoms. The summed E-state index contributed by atoms with van der Waals surface area (Å²) in [7, 11) is 3.30. The summed E-state index contributed by atoms with van der Waals surface area (Å²) in [5, 5.41) is 1.97. The number of alkyl halides is 4. The van der Waals surface area contributed by atoms with Gasteiger partial charge in [0.2, 0.25) is 0 Å². The van der Waals surface area contributed by atoms with E-state index >= 15 is 0 Å². The molecule has 0 saturated carbocycles. The molecule has 0 atom stereocenters. The molecule has 1 N–H and O–H groups in total. The zero-order valence-electron chi connectivity index (χ0n) is 12.2. The van der Waals surface area contributed by atoms with Gasteiger partial charge in [0.05, 0.1) is 11.3 Å². The van der Waals surface area contributed by atoms with E-state index in [0.717, 1.165) is 12.1 Å². The Hall–Kier alpha value is -1.90. The Balaban J connectivity index is 3.40. The lowest BCUT2D eigenvalue weighted by Gasteiger charge is -2.15. The number of anilines is 1. The third kappa shape index (κ3) is 5.34. The van der Waals surface area contributed by atoms with E-state index in [9.17, 15) is 27.2 Å². The van der Waals surface area contributed by atoms with Crippen molar-refractivity contribution in [1.29, 1.82) is 0 Å². The Morgan fingerprint density at radius 3 is 2.39 bits per heavy atom. The van der Waals surface area contributed by atoms with Crippen LogP contribution in [0.5, 0.6) is 0 Å². The maximum Gasteiger partial charge on any atom is 0.417 e. The molecule has 4 nitrogen and oxygen atoms in total. The summed E-state index contributed by atoms with van der Waals surface area (Å²) >= 11 is 2.76. The normalized spacial score (nSPS) is 11.6. The highest BCUT2D eigenvalue weighted by Crippen LogP contribution is 2.38. The van der Waals surface area contributed by atoms with Crippen LogP contribution in [0.25, 0.3) is 0 Å². The minimum absolute atomic E-state index is 0.190. The Morgan fingerprint density at radius 2 is 1.91 bits per heavy atom. The molecule has 0 radical (unpaired) electrons. The van der Waals surface area contributed by atoms with Gasteiger partial charge in [-0.3, -0.25) is 9.59 Å². The van der Waals surface area contributed by atoms with Gasteiger partial charge in [0, 0.05) is 36.4 Å². The number of rotatable bonds is 5. The van der Waals surface area contributed by atoms with Crippen LogP contribution < -0.4 is 5.32 Å². The highest BCUT2D eigenvalue weighted by Gasteiger charge is 2.34. The number of halogens is 5. The molecular formula is C14H13BrF4N2O2. The average Bonchev–Trinajstić information content (AvgIpc) is 2.44. The highest BCUT2D eigenvalue weighted by atomic mass is 79.9. The van der Waals surface area contributed by atoms with Crippen LogP contribution in [-0.2, 0) is 11.0 Å². The van der Waals surface area contributed by atoms with Crippen LogP contribution in [0.3, 0.4) is 0 Å². The quantitative estimate of drug-likeness (QED) is 0.469. The van der Waals surface area contributed by atoms with Crippen LogP contribution in [0.4, 0.5) is 23.2 Å². The zero-order valence-corrected chi connectivity index (χ0v) is 13.8. The van der Waals surface area contributed by atoms with Crippen molar-refractivity contribution >= 4 is 33.3 Å². The highest BCUT2D eigenvalue weighted by molar-refractivity contribution is 9.10. The van der Waals surface area contributed by atoms with Crippen molar-refractivity contribution in [3.05, 3.63) is 40.0 Å². The SMILES string of the molecule is CN(C)/C=C/C(=O)c1cc(Br)c(C(F)(F)F)cc1NC(=O)CF. The van der Waals surface area contributed by atoms with E-state index in [0.29, 0.717) is 6.07 Å². The van der Waals surface area contributed by atoms with Crippen LogP contribution in [0.15, 0.2) is 28.9 Å². The molecule has 23 heavy (non-hydrogen) atoms. The van der Waals surface area contributed by atoms with Crippen LogP contribution in [0, 0.1) is 0 Å². The number of hydrogen-bond donors (Lipinski definition) is 1. The first-order valence-corrected chi connectivity index (χ1v) is 7.01. The second-order valence-corrected chi connectivity index (χ2v) is 5.56. The summed E-state index contributed by atoms with van der Waals surface area (Å²) < 4.78 is 50.7. The van der Waals surface area contributed by atoms with Crippen molar-refractivity contribution in [2.24, 2.45) is 0 Å². The first kappa shape index (κ1) is 19.1. The molecule has 1 aromatic rings. The summed E-state index contributed by atoms with van der Waals surface area (Å²) in [5.41, 5.74) is -1.68. The Labute approximate surface area is 138 Å². The van der Waals surface area contributed by atoms with Crippen molar-refractivity contribution < 1.29 is 27.2 Å². The van der Waals surface area contributed by atoms with E-state index in [1.165, 1.54) is 6.20 Å². The van der Waals surface area contributed by atoms with E-state index in [-0.39, 0.29) is 10.0 Å². The van der Waals surface area contributed by atoms with E-state index in [4.69, 9.17) is 0 Å². The van der Waals surface area contributed by atoms with Gasteiger partial charge in [-0.2, -0.15) is 13.2 Å². The van der Waals surface area contributed by atoms with E-state index in [2.05, 4.69) is 15.9 Å². The first-order valence-electron chi connectivity index (χ1n) is 6.21. The van der Waals surface area contributed by atoms with Gasteiger partial charge in [0.15, 0.2) is 12.5 Å².